The molecule has 15 heteroatoms. The second kappa shape index (κ2) is 14.1. The third-order valence-electron chi connectivity index (χ3n) is 8.20. The van der Waals surface area contributed by atoms with Crippen LogP contribution in [0.4, 0.5) is 17.6 Å². The highest BCUT2D eigenvalue weighted by Gasteiger charge is 2.44. The summed E-state index contributed by atoms with van der Waals surface area (Å²) < 4.78 is 60.6. The molecule has 1 saturated heterocycles. The minimum atomic E-state index is -4.60. The first-order chi connectivity index (χ1) is 21.9. The number of halogens is 4. The average Bonchev–Trinajstić information content (AvgIpc) is 3.40. The molecule has 2 aromatic carbocycles. The lowest BCUT2D eigenvalue weighted by Gasteiger charge is -2.37. The molecule has 2 heterocycles. The normalized spacial score (nSPS) is 18.4. The summed E-state index contributed by atoms with van der Waals surface area (Å²) in [5.41, 5.74) is -1.27. The largest absolute Gasteiger partial charge is 0.418 e. The number of morpholine rings is 1. The van der Waals surface area contributed by atoms with Crippen LogP contribution < -0.4 is 21.3 Å². The Morgan fingerprint density at radius 3 is 2.48 bits per heavy atom. The number of carbonyl (C=O) groups excluding carboxylic acids is 3. The smallest absolute Gasteiger partial charge is 0.379 e. The molecule has 1 aliphatic heterocycles. The summed E-state index contributed by atoms with van der Waals surface area (Å²) >= 11 is 5.40. The number of H-pyrrole nitrogens is 1. The van der Waals surface area contributed by atoms with E-state index in [9.17, 15) is 31.9 Å². The molecular formula is C31H34F4N6O4S. The minimum Gasteiger partial charge on any atom is -0.379 e. The maximum atomic E-state index is 14.0. The van der Waals surface area contributed by atoms with Gasteiger partial charge in [-0.3, -0.25) is 19.3 Å². The van der Waals surface area contributed by atoms with E-state index in [1.807, 2.05) is 0 Å². The molecule has 0 radical (unpaired) electrons. The molecule has 0 unspecified atom stereocenters. The van der Waals surface area contributed by atoms with Crippen molar-refractivity contribution < 1.29 is 36.7 Å². The first-order valence-electron chi connectivity index (χ1n) is 14.8. The Balaban J connectivity index is 1.31. The van der Waals surface area contributed by atoms with E-state index in [0.29, 0.717) is 41.5 Å². The van der Waals surface area contributed by atoms with Crippen LogP contribution in [0.25, 0.3) is 10.9 Å². The molecule has 246 valence electrons. The number of carbonyl (C=O) groups is 3. The van der Waals surface area contributed by atoms with Gasteiger partial charge in [0.2, 0.25) is 17.7 Å². The molecule has 0 bridgehead atoms. The third kappa shape index (κ3) is 7.82. The number of hydrogen-bond donors (Lipinski definition) is 5. The Morgan fingerprint density at radius 2 is 1.74 bits per heavy atom. The zero-order valence-electron chi connectivity index (χ0n) is 24.8. The van der Waals surface area contributed by atoms with Gasteiger partial charge in [-0.2, -0.15) is 13.2 Å². The highest BCUT2D eigenvalue weighted by molar-refractivity contribution is 7.80. The lowest BCUT2D eigenvalue weighted by molar-refractivity contribution is -0.136. The summed E-state index contributed by atoms with van der Waals surface area (Å²) in [6.45, 7) is 2.62. The van der Waals surface area contributed by atoms with Crippen LogP contribution in [-0.2, 0) is 44.6 Å². The first-order valence-corrected chi connectivity index (χ1v) is 15.2. The number of rotatable bonds is 10. The lowest BCUT2D eigenvalue weighted by atomic mass is 9.78. The standard InChI is InChI=1S/C31H34F4N6O4S/c32-23-7-2-1-4-19(23)14-25(42)36-16-26(43)40-30(29(44)37-17-27(46)38-18-41-10-12-45-13-11-41)9-8-24-21(15-30)20-5-3-6-22(28(20)39-24)31(33,34)35/h1-7,39H,8-18H2,(H,36,42)(H,37,44)(H,38,46)(H,40,43)/t30-/m1/s1. The second-order valence-corrected chi connectivity index (χ2v) is 11.8. The summed E-state index contributed by atoms with van der Waals surface area (Å²) in [6.07, 6.45) is -4.74. The van der Waals surface area contributed by atoms with Crippen molar-refractivity contribution in [1.82, 2.24) is 31.2 Å². The van der Waals surface area contributed by atoms with E-state index in [1.54, 1.807) is 12.1 Å². The molecule has 0 spiro atoms. The summed E-state index contributed by atoms with van der Waals surface area (Å²) in [5, 5.41) is 11.4. The van der Waals surface area contributed by atoms with Gasteiger partial charge in [0.25, 0.3) is 0 Å². The van der Waals surface area contributed by atoms with Crippen molar-refractivity contribution in [3.63, 3.8) is 0 Å². The fraction of sp³-hybridized carbons (Fsp3) is 0.419. The number of aryl methyl sites for hydroxylation is 1. The molecule has 1 aromatic heterocycles. The Labute approximate surface area is 267 Å². The molecular weight excluding hydrogens is 628 g/mol. The maximum Gasteiger partial charge on any atom is 0.418 e. The number of aromatic amines is 1. The van der Waals surface area contributed by atoms with Gasteiger partial charge in [0.15, 0.2) is 0 Å². The SMILES string of the molecule is O=C(Cc1ccccc1F)NCC(=O)N[C@]1(C(=O)NCC(=S)NCN2CCOCC2)CCc2[nH]c3c(C(F)(F)F)cccc3c2C1. The Hall–Kier alpha value is -4.08. The highest BCUT2D eigenvalue weighted by Crippen LogP contribution is 2.40. The van der Waals surface area contributed by atoms with Gasteiger partial charge in [-0.1, -0.05) is 42.5 Å². The van der Waals surface area contributed by atoms with E-state index in [4.69, 9.17) is 17.0 Å². The number of benzene rings is 2. The Kier molecular flexibility index (Phi) is 10.2. The number of hydrogen-bond acceptors (Lipinski definition) is 6. The highest BCUT2D eigenvalue weighted by atomic mass is 32.1. The third-order valence-corrected chi connectivity index (χ3v) is 8.49. The monoisotopic (exact) mass is 662 g/mol. The molecule has 1 fully saturated rings. The van der Waals surface area contributed by atoms with Crippen molar-refractivity contribution in [3.8, 4) is 0 Å². The number of alkyl halides is 3. The van der Waals surface area contributed by atoms with Crippen molar-refractivity contribution in [2.24, 2.45) is 0 Å². The van der Waals surface area contributed by atoms with Gasteiger partial charge in [-0.05, 0) is 36.1 Å². The summed E-state index contributed by atoms with van der Waals surface area (Å²) in [4.78, 5) is 44.8. The van der Waals surface area contributed by atoms with Gasteiger partial charge < -0.3 is 31.0 Å². The molecule has 3 aromatic rings. The Bertz CT molecular complexity index is 1620. The van der Waals surface area contributed by atoms with E-state index in [0.717, 1.165) is 19.2 Å². The van der Waals surface area contributed by atoms with Crippen molar-refractivity contribution in [1.29, 1.82) is 0 Å². The van der Waals surface area contributed by atoms with Crippen molar-refractivity contribution >= 4 is 45.8 Å². The molecule has 5 N–H and O–H groups in total. The molecule has 5 rings (SSSR count). The van der Waals surface area contributed by atoms with Crippen LogP contribution in [0.5, 0.6) is 0 Å². The fourth-order valence-corrected chi connectivity index (χ4v) is 5.92. The van der Waals surface area contributed by atoms with Crippen LogP contribution in [0, 0.1) is 5.82 Å². The van der Waals surface area contributed by atoms with Gasteiger partial charge in [0.05, 0.1) is 55.5 Å². The molecule has 1 aliphatic carbocycles. The van der Waals surface area contributed by atoms with Gasteiger partial charge in [0, 0.05) is 30.6 Å². The van der Waals surface area contributed by atoms with Gasteiger partial charge >= 0.3 is 6.18 Å². The average molecular weight is 663 g/mol. The molecule has 0 saturated carbocycles. The first kappa shape index (κ1) is 33.3. The number of ether oxygens (including phenoxy) is 1. The number of nitrogens with zero attached hydrogens (tertiary/aromatic N) is 1. The topological polar surface area (TPSA) is 128 Å². The Morgan fingerprint density at radius 1 is 0.978 bits per heavy atom. The van der Waals surface area contributed by atoms with Crippen molar-refractivity contribution in [3.05, 3.63) is 70.7 Å². The van der Waals surface area contributed by atoms with Crippen LogP contribution in [-0.4, -0.2) is 84.2 Å². The fourth-order valence-electron chi connectivity index (χ4n) is 5.78. The predicted molar refractivity (Wildman–Crippen MR) is 165 cm³/mol. The summed E-state index contributed by atoms with van der Waals surface area (Å²) in [6, 6.07) is 9.60. The van der Waals surface area contributed by atoms with E-state index in [2.05, 4.69) is 31.2 Å². The summed E-state index contributed by atoms with van der Waals surface area (Å²) in [5.74, 6) is -2.41. The van der Waals surface area contributed by atoms with Gasteiger partial charge in [0.1, 0.15) is 11.4 Å². The van der Waals surface area contributed by atoms with Crippen molar-refractivity contribution in [2.45, 2.75) is 37.4 Å². The van der Waals surface area contributed by atoms with Crippen LogP contribution in [0.15, 0.2) is 42.5 Å². The number of amides is 3. The number of fused-ring (bicyclic) bond motifs is 3. The van der Waals surface area contributed by atoms with Crippen LogP contribution >= 0.6 is 12.2 Å². The number of thiocarbonyl (C=S) groups is 1. The molecule has 46 heavy (non-hydrogen) atoms. The lowest BCUT2D eigenvalue weighted by Crippen LogP contribution is -2.63. The molecule has 2 aliphatic rings. The van der Waals surface area contributed by atoms with Crippen molar-refractivity contribution in [2.75, 3.05) is 46.1 Å². The number of aromatic nitrogens is 1. The second-order valence-electron chi connectivity index (χ2n) is 11.3. The van der Waals surface area contributed by atoms with Crippen LogP contribution in [0.3, 0.4) is 0 Å². The van der Waals surface area contributed by atoms with E-state index >= 15 is 0 Å². The molecule has 3 amide bonds. The quantitative estimate of drug-likeness (QED) is 0.167. The van der Waals surface area contributed by atoms with Crippen LogP contribution in [0.2, 0.25) is 0 Å². The summed E-state index contributed by atoms with van der Waals surface area (Å²) in [7, 11) is 0. The van der Waals surface area contributed by atoms with Gasteiger partial charge in [-0.15, -0.1) is 0 Å². The van der Waals surface area contributed by atoms with Gasteiger partial charge in [-0.25, -0.2) is 4.39 Å². The predicted octanol–water partition coefficient (Wildman–Crippen LogP) is 2.35. The number of nitrogens with one attached hydrogen (secondary N) is 5. The van der Waals surface area contributed by atoms with E-state index in [1.165, 1.54) is 24.3 Å². The zero-order chi connectivity index (χ0) is 32.9. The van der Waals surface area contributed by atoms with E-state index in [-0.39, 0.29) is 43.3 Å². The zero-order valence-corrected chi connectivity index (χ0v) is 25.6. The molecule has 10 nitrogen and oxygen atoms in total. The van der Waals surface area contributed by atoms with E-state index < -0.39 is 47.4 Å². The van der Waals surface area contributed by atoms with Crippen LogP contribution in [0.1, 0.15) is 28.8 Å². The minimum absolute atomic E-state index is 0.0333. The maximum absolute atomic E-state index is 14.0. The molecule has 1 atom stereocenters. The number of para-hydroxylation sites is 1.